The summed E-state index contributed by atoms with van der Waals surface area (Å²) in [5.41, 5.74) is 0. The maximum atomic E-state index is 11.7. The summed E-state index contributed by atoms with van der Waals surface area (Å²) in [6.45, 7) is 2.01. The number of amides is 1. The van der Waals surface area contributed by atoms with Crippen molar-refractivity contribution in [3.63, 3.8) is 0 Å². The fraction of sp³-hybridized carbons (Fsp3) is 0.889. The SMILES string of the molecule is CNCCN(C)C(=O)C1CC(O)CN1. The number of hydrogen-bond donors (Lipinski definition) is 3. The van der Waals surface area contributed by atoms with Crippen LogP contribution in [-0.4, -0.2) is 61.8 Å². The van der Waals surface area contributed by atoms with Crippen molar-refractivity contribution in [2.75, 3.05) is 33.7 Å². The average molecular weight is 201 g/mol. The molecular formula is C9H19N3O2. The maximum Gasteiger partial charge on any atom is 0.239 e. The third-order valence-electron chi connectivity index (χ3n) is 2.48. The van der Waals surface area contributed by atoms with E-state index >= 15 is 0 Å². The quantitative estimate of drug-likeness (QED) is 0.512. The first kappa shape index (κ1) is 11.4. The Morgan fingerprint density at radius 1 is 1.71 bits per heavy atom. The van der Waals surface area contributed by atoms with Crippen LogP contribution in [0.4, 0.5) is 0 Å². The second-order valence-corrected chi connectivity index (χ2v) is 3.71. The van der Waals surface area contributed by atoms with Crippen LogP contribution < -0.4 is 10.6 Å². The van der Waals surface area contributed by atoms with Crippen LogP contribution in [0, 0.1) is 0 Å². The molecule has 0 aromatic rings. The number of aliphatic hydroxyl groups is 1. The van der Waals surface area contributed by atoms with Crippen LogP contribution >= 0.6 is 0 Å². The Labute approximate surface area is 84.5 Å². The van der Waals surface area contributed by atoms with E-state index in [1.165, 1.54) is 0 Å². The summed E-state index contributed by atoms with van der Waals surface area (Å²) in [6, 6.07) is -0.202. The molecule has 0 aromatic heterocycles. The Kier molecular flexibility index (Phi) is 4.31. The number of aliphatic hydroxyl groups excluding tert-OH is 1. The summed E-state index contributed by atoms with van der Waals surface area (Å²) in [5, 5.41) is 15.3. The van der Waals surface area contributed by atoms with Crippen molar-refractivity contribution < 1.29 is 9.90 Å². The van der Waals surface area contributed by atoms with E-state index in [1.54, 1.807) is 11.9 Å². The Bertz CT molecular complexity index is 198. The van der Waals surface area contributed by atoms with Gasteiger partial charge in [0.2, 0.25) is 5.91 Å². The predicted octanol–water partition coefficient (Wildman–Crippen LogP) is -1.61. The highest BCUT2D eigenvalue weighted by molar-refractivity contribution is 5.82. The molecule has 14 heavy (non-hydrogen) atoms. The van der Waals surface area contributed by atoms with E-state index in [0.717, 1.165) is 6.54 Å². The minimum absolute atomic E-state index is 0.0665. The monoisotopic (exact) mass is 201 g/mol. The zero-order valence-corrected chi connectivity index (χ0v) is 8.79. The topological polar surface area (TPSA) is 64.6 Å². The predicted molar refractivity (Wildman–Crippen MR) is 54.0 cm³/mol. The molecule has 1 aliphatic heterocycles. The molecule has 5 nitrogen and oxygen atoms in total. The van der Waals surface area contributed by atoms with E-state index in [0.29, 0.717) is 19.5 Å². The molecule has 0 aromatic carbocycles. The van der Waals surface area contributed by atoms with E-state index in [1.807, 2.05) is 7.05 Å². The minimum atomic E-state index is -0.373. The van der Waals surface area contributed by atoms with Gasteiger partial charge in [-0.15, -0.1) is 0 Å². The Hall–Kier alpha value is -0.650. The molecule has 0 aliphatic carbocycles. The molecule has 1 amide bonds. The van der Waals surface area contributed by atoms with E-state index < -0.39 is 0 Å². The van der Waals surface area contributed by atoms with E-state index in [-0.39, 0.29) is 18.1 Å². The number of likely N-dealkylation sites (N-methyl/N-ethyl adjacent to an activating group) is 2. The summed E-state index contributed by atoms with van der Waals surface area (Å²) in [7, 11) is 3.64. The van der Waals surface area contributed by atoms with Crippen LogP contribution in [0.15, 0.2) is 0 Å². The maximum absolute atomic E-state index is 11.7. The first-order chi connectivity index (χ1) is 6.65. The standard InChI is InChI=1S/C9H19N3O2/c1-10-3-4-12(2)9(14)8-5-7(13)6-11-8/h7-8,10-11,13H,3-6H2,1-2H3. The van der Waals surface area contributed by atoms with Gasteiger partial charge in [0.1, 0.15) is 0 Å². The number of nitrogens with one attached hydrogen (secondary N) is 2. The van der Waals surface area contributed by atoms with Gasteiger partial charge in [0.05, 0.1) is 12.1 Å². The minimum Gasteiger partial charge on any atom is -0.392 e. The second-order valence-electron chi connectivity index (χ2n) is 3.71. The zero-order valence-electron chi connectivity index (χ0n) is 8.79. The normalized spacial score (nSPS) is 26.5. The molecule has 1 saturated heterocycles. The van der Waals surface area contributed by atoms with Crippen molar-refractivity contribution in [3.8, 4) is 0 Å². The van der Waals surface area contributed by atoms with Crippen molar-refractivity contribution in [1.82, 2.24) is 15.5 Å². The lowest BCUT2D eigenvalue weighted by molar-refractivity contribution is -0.131. The van der Waals surface area contributed by atoms with Crippen LogP contribution in [0.25, 0.3) is 0 Å². The molecular weight excluding hydrogens is 182 g/mol. The van der Waals surface area contributed by atoms with E-state index in [4.69, 9.17) is 0 Å². The first-order valence-electron chi connectivity index (χ1n) is 4.96. The average Bonchev–Trinajstić information content (AvgIpc) is 2.60. The summed E-state index contributed by atoms with van der Waals surface area (Å²) in [5.74, 6) is 0.0665. The molecule has 0 saturated carbocycles. The van der Waals surface area contributed by atoms with Gasteiger partial charge in [0.15, 0.2) is 0 Å². The molecule has 1 heterocycles. The number of carbonyl (C=O) groups is 1. The molecule has 0 bridgehead atoms. The number of carbonyl (C=O) groups excluding carboxylic acids is 1. The zero-order chi connectivity index (χ0) is 10.6. The Morgan fingerprint density at radius 3 is 2.93 bits per heavy atom. The van der Waals surface area contributed by atoms with E-state index in [2.05, 4.69) is 10.6 Å². The lowest BCUT2D eigenvalue weighted by Gasteiger charge is -2.20. The third-order valence-corrected chi connectivity index (χ3v) is 2.48. The van der Waals surface area contributed by atoms with Crippen molar-refractivity contribution in [3.05, 3.63) is 0 Å². The number of rotatable bonds is 4. The molecule has 0 radical (unpaired) electrons. The van der Waals surface area contributed by atoms with Crippen LogP contribution in [0.3, 0.4) is 0 Å². The fourth-order valence-electron chi connectivity index (χ4n) is 1.56. The third kappa shape index (κ3) is 2.94. The highest BCUT2D eigenvalue weighted by Crippen LogP contribution is 2.08. The van der Waals surface area contributed by atoms with Gasteiger partial charge in [-0.1, -0.05) is 0 Å². The van der Waals surface area contributed by atoms with Crippen LogP contribution in [0.2, 0.25) is 0 Å². The lowest BCUT2D eigenvalue weighted by atomic mass is 10.2. The van der Waals surface area contributed by atoms with Gasteiger partial charge in [-0.05, 0) is 13.5 Å². The summed E-state index contributed by atoms with van der Waals surface area (Å²) in [6.07, 6.45) is 0.157. The van der Waals surface area contributed by atoms with Gasteiger partial charge in [-0.2, -0.15) is 0 Å². The highest BCUT2D eigenvalue weighted by atomic mass is 16.3. The molecule has 82 valence electrons. The van der Waals surface area contributed by atoms with Crippen LogP contribution in [-0.2, 0) is 4.79 Å². The van der Waals surface area contributed by atoms with Crippen molar-refractivity contribution in [2.45, 2.75) is 18.6 Å². The number of nitrogens with zero attached hydrogens (tertiary/aromatic N) is 1. The van der Waals surface area contributed by atoms with Gasteiger partial charge in [-0.3, -0.25) is 4.79 Å². The van der Waals surface area contributed by atoms with Crippen LogP contribution in [0.1, 0.15) is 6.42 Å². The molecule has 0 spiro atoms. The lowest BCUT2D eigenvalue weighted by Crippen LogP contribution is -2.43. The summed E-state index contributed by atoms with van der Waals surface area (Å²) in [4.78, 5) is 13.4. The van der Waals surface area contributed by atoms with Crippen molar-refractivity contribution >= 4 is 5.91 Å². The molecule has 2 unspecified atom stereocenters. The molecule has 1 rings (SSSR count). The van der Waals surface area contributed by atoms with Crippen LogP contribution in [0.5, 0.6) is 0 Å². The van der Waals surface area contributed by atoms with Crippen molar-refractivity contribution in [1.29, 1.82) is 0 Å². The smallest absolute Gasteiger partial charge is 0.239 e. The summed E-state index contributed by atoms with van der Waals surface area (Å²) < 4.78 is 0. The van der Waals surface area contributed by atoms with Gasteiger partial charge in [0.25, 0.3) is 0 Å². The number of hydrogen-bond acceptors (Lipinski definition) is 4. The summed E-state index contributed by atoms with van der Waals surface area (Å²) >= 11 is 0. The van der Waals surface area contributed by atoms with Crippen molar-refractivity contribution in [2.24, 2.45) is 0 Å². The molecule has 1 aliphatic rings. The number of β-amino-alcohol motifs (C(OH)–C–C–N with tert-alkyl or cyclic N) is 1. The molecule has 5 heteroatoms. The van der Waals surface area contributed by atoms with E-state index in [9.17, 15) is 9.90 Å². The highest BCUT2D eigenvalue weighted by Gasteiger charge is 2.29. The fourth-order valence-corrected chi connectivity index (χ4v) is 1.56. The van der Waals surface area contributed by atoms with Gasteiger partial charge in [-0.25, -0.2) is 0 Å². The van der Waals surface area contributed by atoms with Gasteiger partial charge < -0.3 is 20.6 Å². The molecule has 3 N–H and O–H groups in total. The first-order valence-corrected chi connectivity index (χ1v) is 4.96. The van der Waals surface area contributed by atoms with Gasteiger partial charge >= 0.3 is 0 Å². The Morgan fingerprint density at radius 2 is 2.43 bits per heavy atom. The Balaban J connectivity index is 2.32. The molecule has 2 atom stereocenters. The van der Waals surface area contributed by atoms with Gasteiger partial charge in [0, 0.05) is 26.7 Å². The second kappa shape index (κ2) is 5.29. The molecule has 1 fully saturated rings. The largest absolute Gasteiger partial charge is 0.392 e.